The monoisotopic (exact) mass is 564 g/mol. The molecule has 40 heavy (non-hydrogen) atoms. The summed E-state index contributed by atoms with van der Waals surface area (Å²) in [4.78, 5) is 13.9. The minimum Gasteiger partial charge on any atom is -0.353 e. The minimum atomic E-state index is -0.645. The molecule has 2 N–H and O–H groups in total. The highest BCUT2D eigenvalue weighted by molar-refractivity contribution is 5.79. The number of halogens is 2. The predicted octanol–water partition coefficient (Wildman–Crippen LogP) is 6.01. The Kier molecular flexibility index (Phi) is 12.6. The van der Waals surface area contributed by atoms with Gasteiger partial charge in [0.05, 0.1) is 12.2 Å². The highest BCUT2D eigenvalue weighted by Crippen LogP contribution is 2.43. The van der Waals surface area contributed by atoms with Crippen LogP contribution in [-0.4, -0.2) is 74.6 Å². The van der Waals surface area contributed by atoms with Gasteiger partial charge in [0.15, 0.2) is 5.82 Å². The van der Waals surface area contributed by atoms with Crippen molar-refractivity contribution in [3.8, 4) is 6.07 Å². The molecule has 1 aromatic carbocycles. The van der Waals surface area contributed by atoms with Crippen LogP contribution in [0.4, 0.5) is 20.2 Å². The Labute approximate surface area is 239 Å². The molecule has 2 fully saturated rings. The topological polar surface area (TPSA) is 87.4 Å². The maximum Gasteiger partial charge on any atom is 0.227 e. The summed E-state index contributed by atoms with van der Waals surface area (Å²) < 4.78 is 28.2. The number of anilines is 2. The number of likely N-dealkylation sites (tertiary alicyclic amines) is 1. The van der Waals surface area contributed by atoms with Crippen molar-refractivity contribution >= 4 is 17.3 Å². The van der Waals surface area contributed by atoms with Crippen LogP contribution in [0.15, 0.2) is 11.1 Å². The Hall–Kier alpha value is -2.48. The van der Waals surface area contributed by atoms with Crippen LogP contribution in [0.1, 0.15) is 85.6 Å². The maximum absolute atomic E-state index is 14.3. The Morgan fingerprint density at radius 3 is 2.15 bits per heavy atom. The van der Waals surface area contributed by atoms with Gasteiger partial charge >= 0.3 is 0 Å². The third kappa shape index (κ3) is 9.57. The van der Waals surface area contributed by atoms with Crippen LogP contribution in [0, 0.1) is 28.4 Å². The lowest BCUT2D eigenvalue weighted by atomic mass is 9.92. The van der Waals surface area contributed by atoms with Crippen molar-refractivity contribution in [3.63, 3.8) is 0 Å². The SMILES string of the molecule is C1CCN(C2CCNCC2)CC1.CN1CN(C(C)(C)C)c2c(F)c(C#N)cc(F)c21.CN=C(CC(C)(C)C)OO. The number of benzene rings is 1. The lowest BCUT2D eigenvalue weighted by molar-refractivity contribution is -0.158. The largest absolute Gasteiger partial charge is 0.353 e. The molecule has 0 spiro atoms. The first-order chi connectivity index (χ1) is 18.7. The first-order valence-corrected chi connectivity index (χ1v) is 14.4. The molecule has 0 atom stereocenters. The summed E-state index contributed by atoms with van der Waals surface area (Å²) in [5, 5.41) is 20.5. The van der Waals surface area contributed by atoms with Crippen molar-refractivity contribution in [1.29, 1.82) is 5.26 Å². The van der Waals surface area contributed by atoms with E-state index in [1.807, 2.05) is 20.8 Å². The maximum atomic E-state index is 14.3. The van der Waals surface area contributed by atoms with Crippen molar-refractivity contribution in [3.05, 3.63) is 23.3 Å². The molecule has 8 nitrogen and oxygen atoms in total. The summed E-state index contributed by atoms with van der Waals surface area (Å²) in [6.07, 6.45) is 7.73. The zero-order chi connectivity index (χ0) is 30.1. The van der Waals surface area contributed by atoms with E-state index in [2.05, 4.69) is 40.9 Å². The lowest BCUT2D eigenvalue weighted by Gasteiger charge is -2.36. The van der Waals surface area contributed by atoms with Gasteiger partial charge in [0.25, 0.3) is 0 Å². The Balaban J connectivity index is 0.000000222. The van der Waals surface area contributed by atoms with Crippen LogP contribution < -0.4 is 15.1 Å². The van der Waals surface area contributed by atoms with Crippen LogP contribution in [-0.2, 0) is 4.89 Å². The van der Waals surface area contributed by atoms with Crippen molar-refractivity contribution in [2.24, 2.45) is 10.4 Å². The quantitative estimate of drug-likeness (QED) is 0.197. The number of fused-ring (bicyclic) bond motifs is 1. The Bertz CT molecular complexity index is 1000. The summed E-state index contributed by atoms with van der Waals surface area (Å²) in [5.74, 6) is -0.821. The summed E-state index contributed by atoms with van der Waals surface area (Å²) in [6.45, 7) is 17.5. The summed E-state index contributed by atoms with van der Waals surface area (Å²) >= 11 is 0. The molecule has 226 valence electrons. The van der Waals surface area contributed by atoms with Crippen molar-refractivity contribution in [1.82, 2.24) is 10.2 Å². The van der Waals surface area contributed by atoms with Crippen LogP contribution in [0.3, 0.4) is 0 Å². The second kappa shape index (κ2) is 14.9. The lowest BCUT2D eigenvalue weighted by Crippen LogP contribution is -2.45. The van der Waals surface area contributed by atoms with Crippen molar-refractivity contribution < 1.29 is 18.9 Å². The van der Waals surface area contributed by atoms with Crippen LogP contribution >= 0.6 is 0 Å². The molecule has 4 rings (SSSR count). The molecule has 3 aliphatic rings. The zero-order valence-corrected chi connectivity index (χ0v) is 25.8. The van der Waals surface area contributed by atoms with E-state index in [1.165, 1.54) is 58.3 Å². The van der Waals surface area contributed by atoms with Gasteiger partial charge in [0.1, 0.15) is 23.3 Å². The second-order valence-corrected chi connectivity index (χ2v) is 13.0. The molecule has 0 radical (unpaired) electrons. The van der Waals surface area contributed by atoms with Crippen LogP contribution in [0.2, 0.25) is 0 Å². The van der Waals surface area contributed by atoms with Gasteiger partial charge in [-0.15, -0.1) is 0 Å². The number of piperidine rings is 2. The third-order valence-corrected chi connectivity index (χ3v) is 7.35. The molecule has 0 aromatic heterocycles. The summed E-state index contributed by atoms with van der Waals surface area (Å²) in [6, 6.07) is 3.56. The van der Waals surface area contributed by atoms with E-state index in [-0.39, 0.29) is 27.9 Å². The molecular formula is C30H50F2N6O2. The highest BCUT2D eigenvalue weighted by Gasteiger charge is 2.37. The van der Waals surface area contributed by atoms with Crippen molar-refractivity contribution in [2.75, 3.05) is 56.7 Å². The third-order valence-electron chi connectivity index (χ3n) is 7.35. The van der Waals surface area contributed by atoms with Gasteiger partial charge in [-0.25, -0.2) is 14.0 Å². The number of aliphatic imine (C=N–C) groups is 1. The molecule has 2 saturated heterocycles. The molecule has 3 heterocycles. The summed E-state index contributed by atoms with van der Waals surface area (Å²) in [7, 11) is 3.30. The van der Waals surface area contributed by atoms with Gasteiger partial charge in [0.2, 0.25) is 5.90 Å². The van der Waals surface area contributed by atoms with E-state index in [0.29, 0.717) is 19.0 Å². The Morgan fingerprint density at radius 1 is 1.10 bits per heavy atom. The molecule has 0 saturated carbocycles. The van der Waals surface area contributed by atoms with Gasteiger partial charge in [-0.1, -0.05) is 27.2 Å². The number of rotatable bonds is 2. The fourth-order valence-electron chi connectivity index (χ4n) is 5.26. The van der Waals surface area contributed by atoms with E-state index in [1.54, 1.807) is 30.0 Å². The molecule has 0 amide bonds. The van der Waals surface area contributed by atoms with E-state index < -0.39 is 11.6 Å². The fourth-order valence-corrected chi connectivity index (χ4v) is 5.26. The number of hydrogen-bond donors (Lipinski definition) is 2. The van der Waals surface area contributed by atoms with Gasteiger partial charge in [-0.05, 0) is 84.1 Å². The Morgan fingerprint density at radius 2 is 1.70 bits per heavy atom. The molecule has 10 heteroatoms. The predicted molar refractivity (Wildman–Crippen MR) is 159 cm³/mol. The molecular weight excluding hydrogens is 514 g/mol. The highest BCUT2D eigenvalue weighted by atomic mass is 19.1. The number of nitrogens with one attached hydrogen (secondary N) is 1. The average Bonchev–Trinajstić information content (AvgIpc) is 3.29. The number of nitriles is 1. The van der Waals surface area contributed by atoms with E-state index in [0.717, 1.165) is 12.1 Å². The standard InChI is InChI=1S/C13H15F2N3.C10H20N2.C7H15NO2/c1-13(2,3)18-7-17(4)11-9(14)5-8(6-16)10(15)12(11)18;1-2-8-12(9-3-1)10-4-6-11-7-5-10;1-7(2,3)5-6(8-4)10-9/h5H,7H2,1-4H3;10-11H,1-9H2;9H,5H2,1-4H3. The first kappa shape index (κ1) is 33.7. The molecule has 0 unspecified atom stereocenters. The average molecular weight is 565 g/mol. The van der Waals surface area contributed by atoms with E-state index >= 15 is 0 Å². The molecule has 0 aliphatic carbocycles. The second-order valence-electron chi connectivity index (χ2n) is 13.0. The van der Waals surface area contributed by atoms with E-state index in [4.69, 9.17) is 10.5 Å². The normalized spacial score (nSPS) is 18.7. The zero-order valence-electron chi connectivity index (χ0n) is 25.8. The number of hydrogen-bond acceptors (Lipinski definition) is 8. The summed E-state index contributed by atoms with van der Waals surface area (Å²) in [5.41, 5.74) is -0.0860. The molecule has 3 aliphatic heterocycles. The first-order valence-electron chi connectivity index (χ1n) is 14.4. The number of nitrogens with zero attached hydrogens (tertiary/aromatic N) is 5. The van der Waals surface area contributed by atoms with Crippen LogP contribution in [0.5, 0.6) is 0 Å². The van der Waals surface area contributed by atoms with Gasteiger partial charge in [-0.3, -0.25) is 4.99 Å². The molecule has 1 aromatic rings. The van der Waals surface area contributed by atoms with Gasteiger partial charge in [-0.2, -0.15) is 5.26 Å². The van der Waals surface area contributed by atoms with E-state index in [9.17, 15) is 8.78 Å². The van der Waals surface area contributed by atoms with Crippen molar-refractivity contribution in [2.45, 2.75) is 91.6 Å². The fraction of sp³-hybridized carbons (Fsp3) is 0.733. The van der Waals surface area contributed by atoms with Gasteiger partial charge < -0.3 is 24.9 Å². The smallest absolute Gasteiger partial charge is 0.227 e. The van der Waals surface area contributed by atoms with Gasteiger partial charge in [0, 0.05) is 32.1 Å². The van der Waals surface area contributed by atoms with Crippen LogP contribution in [0.25, 0.3) is 0 Å². The molecule has 0 bridgehead atoms. The minimum absolute atomic E-state index is 0.109.